The monoisotopic (exact) mass is 348 g/mol. The topological polar surface area (TPSA) is 54.1 Å². The number of hydrogen-bond acceptors (Lipinski definition) is 2. The number of fused-ring (bicyclic) bond motifs is 3. The van der Waals surface area contributed by atoms with E-state index in [2.05, 4.69) is 35.4 Å². The molecule has 1 aromatic heterocycles. The van der Waals surface area contributed by atoms with Gasteiger partial charge in [0.2, 0.25) is 5.91 Å². The highest BCUT2D eigenvalue weighted by Gasteiger charge is 2.27. The van der Waals surface area contributed by atoms with Crippen molar-refractivity contribution in [1.82, 2.24) is 4.98 Å². The maximum Gasteiger partial charge on any atom is 0.227 e. The lowest BCUT2D eigenvalue weighted by Gasteiger charge is -2.22. The van der Waals surface area contributed by atoms with Crippen LogP contribution in [-0.4, -0.2) is 17.5 Å². The number of nitrogens with one attached hydrogen (secondary N) is 2. The molecule has 4 heteroatoms. The Morgan fingerprint density at radius 2 is 2.04 bits per heavy atom. The summed E-state index contributed by atoms with van der Waals surface area (Å²) in [6.45, 7) is 4.71. The van der Waals surface area contributed by atoms with Gasteiger partial charge in [-0.15, -0.1) is 0 Å². The van der Waals surface area contributed by atoms with Gasteiger partial charge in [-0.25, -0.2) is 0 Å². The fourth-order valence-corrected chi connectivity index (χ4v) is 3.80. The van der Waals surface area contributed by atoms with E-state index in [0.717, 1.165) is 30.7 Å². The Morgan fingerprint density at radius 3 is 2.81 bits per heavy atom. The van der Waals surface area contributed by atoms with Gasteiger partial charge in [0.15, 0.2) is 0 Å². The van der Waals surface area contributed by atoms with E-state index in [1.807, 2.05) is 31.2 Å². The van der Waals surface area contributed by atoms with Crippen LogP contribution in [-0.2, 0) is 17.6 Å². The summed E-state index contributed by atoms with van der Waals surface area (Å²) in [7, 11) is 0. The number of carbonyl (C=O) groups excluding carboxylic acids is 1. The largest absolute Gasteiger partial charge is 0.494 e. The lowest BCUT2D eigenvalue weighted by Crippen LogP contribution is -2.28. The quantitative estimate of drug-likeness (QED) is 0.723. The first-order valence-corrected chi connectivity index (χ1v) is 9.28. The van der Waals surface area contributed by atoms with E-state index in [4.69, 9.17) is 4.74 Å². The van der Waals surface area contributed by atoms with Crippen molar-refractivity contribution >= 4 is 22.5 Å². The van der Waals surface area contributed by atoms with E-state index >= 15 is 0 Å². The lowest BCUT2D eigenvalue weighted by atomic mass is 9.85. The van der Waals surface area contributed by atoms with Crippen LogP contribution in [0.25, 0.3) is 10.9 Å². The Bertz CT molecular complexity index is 941. The SMILES string of the molecule is CCOc1ccc(NC(=O)C2CCc3[nH]c4ccc(C)cc4c3C2)cc1. The third kappa shape index (κ3) is 3.19. The van der Waals surface area contributed by atoms with E-state index in [1.165, 1.54) is 27.7 Å². The minimum absolute atomic E-state index is 0.00794. The van der Waals surface area contributed by atoms with E-state index in [1.54, 1.807) is 0 Å². The summed E-state index contributed by atoms with van der Waals surface area (Å²) in [5.41, 5.74) is 5.84. The Labute approximate surface area is 153 Å². The first-order valence-electron chi connectivity index (χ1n) is 9.28. The van der Waals surface area contributed by atoms with Gasteiger partial charge in [-0.2, -0.15) is 0 Å². The minimum atomic E-state index is 0.00794. The van der Waals surface area contributed by atoms with E-state index in [9.17, 15) is 4.79 Å². The van der Waals surface area contributed by atoms with Crippen LogP contribution in [0.2, 0.25) is 0 Å². The molecule has 26 heavy (non-hydrogen) atoms. The van der Waals surface area contributed by atoms with Crippen LogP contribution in [0.1, 0.15) is 30.2 Å². The van der Waals surface area contributed by atoms with Crippen LogP contribution < -0.4 is 10.1 Å². The number of benzene rings is 2. The number of aromatic nitrogens is 1. The van der Waals surface area contributed by atoms with Crippen LogP contribution in [0.4, 0.5) is 5.69 Å². The van der Waals surface area contributed by atoms with Gasteiger partial charge < -0.3 is 15.0 Å². The first-order chi connectivity index (χ1) is 12.6. The highest BCUT2D eigenvalue weighted by Crippen LogP contribution is 2.33. The van der Waals surface area contributed by atoms with Crippen molar-refractivity contribution in [2.45, 2.75) is 33.1 Å². The summed E-state index contributed by atoms with van der Waals surface area (Å²) in [5, 5.41) is 4.32. The number of carbonyl (C=O) groups is 1. The third-order valence-electron chi connectivity index (χ3n) is 5.15. The smallest absolute Gasteiger partial charge is 0.227 e. The molecule has 1 amide bonds. The fraction of sp³-hybridized carbons (Fsp3) is 0.318. The van der Waals surface area contributed by atoms with Crippen molar-refractivity contribution < 1.29 is 9.53 Å². The molecule has 3 aromatic rings. The Balaban J connectivity index is 1.50. The van der Waals surface area contributed by atoms with E-state index in [-0.39, 0.29) is 11.8 Å². The average Bonchev–Trinajstić information content (AvgIpc) is 3.00. The van der Waals surface area contributed by atoms with Gasteiger partial charge >= 0.3 is 0 Å². The molecule has 134 valence electrons. The standard InChI is InChI=1S/C22H24N2O2/c1-3-26-17-8-6-16(7-9-17)23-22(25)15-5-11-21-19(13-15)18-12-14(2)4-10-20(18)24-21/h4,6-10,12,15,24H,3,5,11,13H2,1-2H3,(H,23,25). The molecule has 0 saturated heterocycles. The fourth-order valence-electron chi connectivity index (χ4n) is 3.80. The maximum atomic E-state index is 12.8. The van der Waals surface area contributed by atoms with Crippen LogP contribution in [0.15, 0.2) is 42.5 Å². The Morgan fingerprint density at radius 1 is 1.23 bits per heavy atom. The molecule has 2 aromatic carbocycles. The van der Waals surface area contributed by atoms with Gasteiger partial charge in [-0.1, -0.05) is 11.6 Å². The van der Waals surface area contributed by atoms with Gasteiger partial charge in [0.05, 0.1) is 6.61 Å². The molecule has 1 atom stereocenters. The molecule has 0 radical (unpaired) electrons. The van der Waals surface area contributed by atoms with Crippen molar-refractivity contribution in [3.05, 3.63) is 59.3 Å². The molecule has 4 nitrogen and oxygen atoms in total. The summed E-state index contributed by atoms with van der Waals surface area (Å²) in [5.74, 6) is 0.928. The number of ether oxygens (including phenoxy) is 1. The zero-order chi connectivity index (χ0) is 18.1. The van der Waals surface area contributed by atoms with Crippen molar-refractivity contribution in [1.29, 1.82) is 0 Å². The summed E-state index contributed by atoms with van der Waals surface area (Å²) < 4.78 is 5.45. The second-order valence-corrected chi connectivity index (χ2v) is 7.02. The number of anilines is 1. The number of amides is 1. The highest BCUT2D eigenvalue weighted by molar-refractivity contribution is 5.94. The van der Waals surface area contributed by atoms with Gasteiger partial charge in [-0.05, 0) is 75.1 Å². The molecule has 1 heterocycles. The zero-order valence-electron chi connectivity index (χ0n) is 15.3. The van der Waals surface area contributed by atoms with Crippen molar-refractivity contribution in [2.75, 3.05) is 11.9 Å². The Hall–Kier alpha value is -2.75. The van der Waals surface area contributed by atoms with Crippen LogP contribution >= 0.6 is 0 Å². The normalized spacial score (nSPS) is 16.3. The molecule has 1 unspecified atom stereocenters. The van der Waals surface area contributed by atoms with E-state index < -0.39 is 0 Å². The molecule has 1 aliphatic rings. The number of aryl methyl sites for hydroxylation is 2. The van der Waals surface area contributed by atoms with Crippen LogP contribution in [0.5, 0.6) is 5.75 Å². The second-order valence-electron chi connectivity index (χ2n) is 7.02. The van der Waals surface area contributed by atoms with Crippen molar-refractivity contribution in [3.63, 3.8) is 0 Å². The van der Waals surface area contributed by atoms with Crippen molar-refractivity contribution in [3.8, 4) is 5.75 Å². The lowest BCUT2D eigenvalue weighted by molar-refractivity contribution is -0.120. The summed E-state index contributed by atoms with van der Waals surface area (Å²) in [4.78, 5) is 16.3. The predicted octanol–water partition coefficient (Wildman–Crippen LogP) is 4.62. The number of hydrogen-bond donors (Lipinski definition) is 2. The number of H-pyrrole nitrogens is 1. The molecule has 0 bridgehead atoms. The van der Waals surface area contributed by atoms with Crippen molar-refractivity contribution in [2.24, 2.45) is 5.92 Å². The molecular formula is C22H24N2O2. The number of aromatic amines is 1. The zero-order valence-corrected chi connectivity index (χ0v) is 15.3. The molecule has 0 fully saturated rings. The Kier molecular flexibility index (Phi) is 4.41. The summed E-state index contributed by atoms with van der Waals surface area (Å²) >= 11 is 0. The molecule has 0 spiro atoms. The van der Waals surface area contributed by atoms with Gasteiger partial charge in [-0.3, -0.25) is 4.79 Å². The molecule has 4 rings (SSSR count). The van der Waals surface area contributed by atoms with Gasteiger partial charge in [0, 0.05) is 28.2 Å². The molecule has 0 aliphatic heterocycles. The summed E-state index contributed by atoms with van der Waals surface area (Å²) in [6, 6.07) is 14.1. The predicted molar refractivity (Wildman–Crippen MR) is 105 cm³/mol. The second kappa shape index (κ2) is 6.87. The molecule has 2 N–H and O–H groups in total. The molecule has 0 saturated carbocycles. The van der Waals surface area contributed by atoms with Gasteiger partial charge in [0.1, 0.15) is 5.75 Å². The summed E-state index contributed by atoms with van der Waals surface area (Å²) in [6.07, 6.45) is 2.59. The first kappa shape index (κ1) is 16.7. The molecular weight excluding hydrogens is 324 g/mol. The van der Waals surface area contributed by atoms with Crippen LogP contribution in [0.3, 0.4) is 0 Å². The number of rotatable bonds is 4. The van der Waals surface area contributed by atoms with Crippen LogP contribution in [0, 0.1) is 12.8 Å². The third-order valence-corrected chi connectivity index (χ3v) is 5.15. The van der Waals surface area contributed by atoms with Gasteiger partial charge in [0.25, 0.3) is 0 Å². The maximum absolute atomic E-state index is 12.8. The van der Waals surface area contributed by atoms with E-state index in [0.29, 0.717) is 6.61 Å². The molecule has 1 aliphatic carbocycles. The average molecular weight is 348 g/mol. The highest BCUT2D eigenvalue weighted by atomic mass is 16.5. The minimum Gasteiger partial charge on any atom is -0.494 e.